The van der Waals surface area contributed by atoms with Crippen LogP contribution in [0.5, 0.6) is 5.75 Å². The minimum Gasteiger partial charge on any atom is -0.494 e. The Morgan fingerprint density at radius 1 is 1.11 bits per heavy atom. The second-order valence-corrected chi connectivity index (χ2v) is 6.94. The number of nitrogens with zero attached hydrogens (tertiary/aromatic N) is 2. The van der Waals surface area contributed by atoms with Crippen LogP contribution in [0.3, 0.4) is 0 Å². The molecule has 0 atom stereocenters. The molecule has 0 fully saturated rings. The number of benzene rings is 2. The molecule has 3 aromatic rings. The van der Waals surface area contributed by atoms with E-state index in [0.717, 1.165) is 15.8 Å². The maximum absolute atomic E-state index is 11.8. The van der Waals surface area contributed by atoms with Crippen LogP contribution in [0.4, 0.5) is 0 Å². The van der Waals surface area contributed by atoms with Crippen molar-refractivity contribution in [3.8, 4) is 17.2 Å². The number of hydrogen-bond donors (Lipinski definition) is 0. The predicted octanol–water partition coefficient (Wildman–Crippen LogP) is 5.05. The molecule has 0 aliphatic heterocycles. The van der Waals surface area contributed by atoms with Gasteiger partial charge in [0.25, 0.3) is 5.89 Å². The SMILES string of the molecule is O=C(CCCOc1ccc(Br)cc1)OCc1noc(-c2ccc(Cl)cc2)n1. The smallest absolute Gasteiger partial charge is 0.306 e. The van der Waals surface area contributed by atoms with Crippen LogP contribution in [-0.4, -0.2) is 22.7 Å². The first-order valence-electron chi connectivity index (χ1n) is 8.23. The summed E-state index contributed by atoms with van der Waals surface area (Å²) in [6, 6.07) is 14.5. The van der Waals surface area contributed by atoms with Crippen molar-refractivity contribution in [3.05, 3.63) is 63.9 Å². The van der Waals surface area contributed by atoms with Gasteiger partial charge in [-0.05, 0) is 55.0 Å². The first kappa shape index (κ1) is 19.4. The topological polar surface area (TPSA) is 74.5 Å². The zero-order chi connectivity index (χ0) is 19.1. The Bertz CT molecular complexity index is 881. The highest BCUT2D eigenvalue weighted by molar-refractivity contribution is 9.10. The molecule has 0 bridgehead atoms. The summed E-state index contributed by atoms with van der Waals surface area (Å²) in [5.41, 5.74) is 0.745. The third-order valence-corrected chi connectivity index (χ3v) is 4.31. The summed E-state index contributed by atoms with van der Waals surface area (Å²) in [6.07, 6.45) is 0.801. The van der Waals surface area contributed by atoms with Gasteiger partial charge in [-0.1, -0.05) is 32.7 Å². The molecule has 0 saturated heterocycles. The maximum Gasteiger partial charge on any atom is 0.306 e. The number of esters is 1. The van der Waals surface area contributed by atoms with Gasteiger partial charge >= 0.3 is 5.97 Å². The van der Waals surface area contributed by atoms with E-state index < -0.39 is 0 Å². The van der Waals surface area contributed by atoms with Crippen molar-refractivity contribution in [1.82, 2.24) is 10.1 Å². The lowest BCUT2D eigenvalue weighted by Crippen LogP contribution is -2.08. The fourth-order valence-electron chi connectivity index (χ4n) is 2.18. The van der Waals surface area contributed by atoms with Crippen LogP contribution in [0.15, 0.2) is 57.5 Å². The monoisotopic (exact) mass is 450 g/mol. The van der Waals surface area contributed by atoms with Gasteiger partial charge in [0.2, 0.25) is 5.82 Å². The molecule has 0 unspecified atom stereocenters. The minimum atomic E-state index is -0.341. The van der Waals surface area contributed by atoms with E-state index in [1.165, 1.54) is 0 Å². The highest BCUT2D eigenvalue weighted by Crippen LogP contribution is 2.20. The van der Waals surface area contributed by atoms with E-state index in [-0.39, 0.29) is 19.0 Å². The molecule has 0 amide bonds. The van der Waals surface area contributed by atoms with Gasteiger partial charge in [-0.25, -0.2) is 0 Å². The summed E-state index contributed by atoms with van der Waals surface area (Å²) < 4.78 is 16.9. The summed E-state index contributed by atoms with van der Waals surface area (Å²) in [5, 5.41) is 4.43. The maximum atomic E-state index is 11.8. The minimum absolute atomic E-state index is 0.0382. The number of rotatable bonds is 8. The van der Waals surface area contributed by atoms with Crippen LogP contribution in [0.1, 0.15) is 18.7 Å². The molecular formula is C19H16BrClN2O4. The van der Waals surface area contributed by atoms with E-state index in [1.54, 1.807) is 24.3 Å². The second-order valence-electron chi connectivity index (χ2n) is 5.59. The lowest BCUT2D eigenvalue weighted by Gasteiger charge is -2.06. The van der Waals surface area contributed by atoms with E-state index in [0.29, 0.717) is 29.8 Å². The summed E-state index contributed by atoms with van der Waals surface area (Å²) in [5.74, 6) is 1.07. The zero-order valence-electron chi connectivity index (χ0n) is 14.2. The number of hydrogen-bond acceptors (Lipinski definition) is 6. The molecule has 140 valence electrons. The van der Waals surface area contributed by atoms with Gasteiger partial charge in [0.1, 0.15) is 5.75 Å². The lowest BCUT2D eigenvalue weighted by molar-refractivity contribution is -0.145. The van der Waals surface area contributed by atoms with Gasteiger partial charge in [-0.2, -0.15) is 4.98 Å². The number of ether oxygens (including phenoxy) is 2. The third-order valence-electron chi connectivity index (χ3n) is 3.53. The molecule has 0 spiro atoms. The van der Waals surface area contributed by atoms with Gasteiger partial charge in [-0.3, -0.25) is 4.79 Å². The Labute approximate surface area is 169 Å². The zero-order valence-corrected chi connectivity index (χ0v) is 16.6. The van der Waals surface area contributed by atoms with Crippen molar-refractivity contribution >= 4 is 33.5 Å². The molecule has 0 aliphatic carbocycles. The summed E-state index contributed by atoms with van der Waals surface area (Å²) in [6.45, 7) is 0.392. The normalized spacial score (nSPS) is 10.6. The Balaban J connectivity index is 1.38. The summed E-state index contributed by atoms with van der Waals surface area (Å²) in [4.78, 5) is 16.0. The van der Waals surface area contributed by atoms with E-state index >= 15 is 0 Å². The first-order chi connectivity index (χ1) is 13.1. The highest BCUT2D eigenvalue weighted by atomic mass is 79.9. The first-order valence-corrected chi connectivity index (χ1v) is 9.40. The van der Waals surface area contributed by atoms with Crippen molar-refractivity contribution in [3.63, 3.8) is 0 Å². The molecule has 6 nitrogen and oxygen atoms in total. The third kappa shape index (κ3) is 6.08. The van der Waals surface area contributed by atoms with Crippen LogP contribution in [-0.2, 0) is 16.1 Å². The van der Waals surface area contributed by atoms with Crippen molar-refractivity contribution in [1.29, 1.82) is 0 Å². The average molecular weight is 452 g/mol. The molecule has 0 N–H and O–H groups in total. The van der Waals surface area contributed by atoms with Crippen LogP contribution >= 0.6 is 27.5 Å². The fraction of sp³-hybridized carbons (Fsp3) is 0.211. The molecule has 2 aromatic carbocycles. The number of aromatic nitrogens is 2. The van der Waals surface area contributed by atoms with Crippen molar-refractivity contribution < 1.29 is 18.8 Å². The van der Waals surface area contributed by atoms with Crippen molar-refractivity contribution in [2.75, 3.05) is 6.61 Å². The molecule has 0 radical (unpaired) electrons. The molecule has 3 rings (SSSR count). The highest BCUT2D eigenvalue weighted by Gasteiger charge is 2.11. The second kappa shape index (κ2) is 9.53. The average Bonchev–Trinajstić information content (AvgIpc) is 3.14. The van der Waals surface area contributed by atoms with Crippen molar-refractivity contribution in [2.45, 2.75) is 19.4 Å². The van der Waals surface area contributed by atoms with Gasteiger partial charge in [0.05, 0.1) is 6.61 Å². The van der Waals surface area contributed by atoms with E-state index in [9.17, 15) is 4.79 Å². The number of carbonyl (C=O) groups is 1. The predicted molar refractivity (Wildman–Crippen MR) is 103 cm³/mol. The summed E-state index contributed by atoms with van der Waals surface area (Å²) in [7, 11) is 0. The lowest BCUT2D eigenvalue weighted by atomic mass is 10.2. The van der Waals surface area contributed by atoms with Crippen LogP contribution in [0.2, 0.25) is 5.02 Å². The summed E-state index contributed by atoms with van der Waals surface area (Å²) >= 11 is 9.21. The molecule has 1 heterocycles. The Hall–Kier alpha value is -2.38. The molecule has 1 aromatic heterocycles. The van der Waals surface area contributed by atoms with Crippen LogP contribution in [0, 0.1) is 0 Å². The van der Waals surface area contributed by atoms with Gasteiger partial charge < -0.3 is 14.0 Å². The quantitative estimate of drug-likeness (QED) is 0.352. The molecule has 8 heteroatoms. The standard InChI is InChI=1S/C19H16BrClN2O4/c20-14-5-9-16(10-6-14)25-11-1-2-18(24)26-12-17-22-19(27-23-17)13-3-7-15(21)8-4-13/h3-10H,1-2,11-12H2. The van der Waals surface area contributed by atoms with E-state index in [1.807, 2.05) is 24.3 Å². The van der Waals surface area contributed by atoms with E-state index in [4.69, 9.17) is 25.6 Å². The Morgan fingerprint density at radius 2 is 1.85 bits per heavy atom. The molecule has 0 saturated carbocycles. The van der Waals surface area contributed by atoms with E-state index in [2.05, 4.69) is 26.1 Å². The Morgan fingerprint density at radius 3 is 2.59 bits per heavy atom. The van der Waals surface area contributed by atoms with Gasteiger partial charge in [0.15, 0.2) is 6.61 Å². The van der Waals surface area contributed by atoms with Crippen LogP contribution in [0.25, 0.3) is 11.5 Å². The van der Waals surface area contributed by atoms with Gasteiger partial charge in [-0.15, -0.1) is 0 Å². The molecule has 0 aliphatic rings. The number of carbonyl (C=O) groups excluding carboxylic acids is 1. The fourth-order valence-corrected chi connectivity index (χ4v) is 2.57. The largest absolute Gasteiger partial charge is 0.494 e. The Kier molecular flexibility index (Phi) is 6.84. The van der Waals surface area contributed by atoms with Gasteiger partial charge in [0, 0.05) is 21.5 Å². The number of halogens is 2. The van der Waals surface area contributed by atoms with Crippen LogP contribution < -0.4 is 4.74 Å². The molecular weight excluding hydrogens is 436 g/mol. The molecule has 27 heavy (non-hydrogen) atoms. The van der Waals surface area contributed by atoms with Crippen molar-refractivity contribution in [2.24, 2.45) is 0 Å².